The molecule has 0 bridgehead atoms. The average Bonchev–Trinajstić information content (AvgIpc) is 2.89. The summed E-state index contributed by atoms with van der Waals surface area (Å²) in [5.74, 6) is 0.639. The molecule has 6 heteroatoms. The number of ether oxygens (including phenoxy) is 3. The molecular weight excluding hydrogens is 246 g/mol. The molecule has 102 valence electrons. The van der Waals surface area contributed by atoms with E-state index in [1.54, 1.807) is 33.9 Å². The second-order valence-electron chi connectivity index (χ2n) is 3.92. The van der Waals surface area contributed by atoms with Crippen LogP contribution in [-0.2, 0) is 9.47 Å². The van der Waals surface area contributed by atoms with Crippen LogP contribution in [0.2, 0.25) is 0 Å². The molecule has 19 heavy (non-hydrogen) atoms. The Bertz CT molecular complexity index is 550. The van der Waals surface area contributed by atoms with Gasteiger partial charge in [-0.2, -0.15) is 0 Å². The predicted molar refractivity (Wildman–Crippen MR) is 71.3 cm³/mol. The van der Waals surface area contributed by atoms with Gasteiger partial charge >= 0.3 is 0 Å². The topological polar surface area (TPSA) is 71.5 Å². The van der Waals surface area contributed by atoms with Gasteiger partial charge in [-0.15, -0.1) is 0 Å². The number of nitrogens with zero attached hydrogens (tertiary/aromatic N) is 2. The van der Waals surface area contributed by atoms with Crippen molar-refractivity contribution in [1.82, 2.24) is 9.55 Å². The second kappa shape index (κ2) is 5.73. The monoisotopic (exact) mass is 263 g/mol. The Balaban J connectivity index is 2.42. The van der Waals surface area contributed by atoms with Crippen LogP contribution in [-0.4, -0.2) is 30.9 Å². The van der Waals surface area contributed by atoms with Crippen molar-refractivity contribution in [3.8, 4) is 11.4 Å². The number of rotatable bonds is 5. The van der Waals surface area contributed by atoms with Gasteiger partial charge in [0.25, 0.3) is 0 Å². The predicted octanol–water partition coefficient (Wildman–Crippen LogP) is 1.75. The van der Waals surface area contributed by atoms with E-state index in [9.17, 15) is 0 Å². The lowest BCUT2D eigenvalue weighted by Gasteiger charge is -2.16. The molecule has 0 aliphatic heterocycles. The zero-order valence-corrected chi connectivity index (χ0v) is 11.2. The minimum Gasteiger partial charge on any atom is -0.495 e. The Labute approximate surface area is 111 Å². The molecular formula is C13H17N3O3. The van der Waals surface area contributed by atoms with Crippen molar-refractivity contribution >= 4 is 5.69 Å². The van der Waals surface area contributed by atoms with E-state index in [-0.39, 0.29) is 0 Å². The number of imidazole rings is 1. The summed E-state index contributed by atoms with van der Waals surface area (Å²) in [7, 11) is 4.74. The van der Waals surface area contributed by atoms with Crippen LogP contribution >= 0.6 is 0 Å². The largest absolute Gasteiger partial charge is 0.495 e. The molecule has 0 unspecified atom stereocenters. The first-order valence-corrected chi connectivity index (χ1v) is 5.73. The van der Waals surface area contributed by atoms with E-state index in [2.05, 4.69) is 4.98 Å². The summed E-state index contributed by atoms with van der Waals surface area (Å²) in [6.07, 6.45) is 2.89. The maximum Gasteiger partial charge on any atom is 0.200 e. The number of methoxy groups -OCH3 is 3. The van der Waals surface area contributed by atoms with Crippen LogP contribution < -0.4 is 10.5 Å². The van der Waals surface area contributed by atoms with Gasteiger partial charge in [0.15, 0.2) is 0 Å². The highest BCUT2D eigenvalue weighted by molar-refractivity contribution is 5.58. The molecule has 1 aromatic heterocycles. The lowest BCUT2D eigenvalue weighted by molar-refractivity contribution is -0.109. The molecule has 0 fully saturated rings. The van der Waals surface area contributed by atoms with Gasteiger partial charge in [-0.3, -0.25) is 4.57 Å². The van der Waals surface area contributed by atoms with Crippen LogP contribution in [0.15, 0.2) is 30.7 Å². The normalized spacial score (nSPS) is 10.9. The molecule has 2 aromatic rings. The zero-order valence-electron chi connectivity index (χ0n) is 11.2. The third-order valence-electron chi connectivity index (χ3n) is 2.83. The molecule has 0 amide bonds. The van der Waals surface area contributed by atoms with Crippen LogP contribution in [0, 0.1) is 0 Å². The van der Waals surface area contributed by atoms with E-state index in [4.69, 9.17) is 19.9 Å². The van der Waals surface area contributed by atoms with Crippen molar-refractivity contribution in [2.75, 3.05) is 27.1 Å². The van der Waals surface area contributed by atoms with E-state index in [1.807, 2.05) is 22.8 Å². The van der Waals surface area contributed by atoms with Gasteiger partial charge in [0.05, 0.1) is 31.0 Å². The van der Waals surface area contributed by atoms with E-state index in [0.717, 1.165) is 11.4 Å². The lowest BCUT2D eigenvalue weighted by atomic mass is 10.2. The summed E-state index contributed by atoms with van der Waals surface area (Å²) in [6, 6.07) is 5.51. The minimum absolute atomic E-state index is 0.481. The zero-order chi connectivity index (χ0) is 13.8. The Morgan fingerprint density at radius 3 is 2.53 bits per heavy atom. The molecule has 2 N–H and O–H groups in total. The second-order valence-corrected chi connectivity index (χ2v) is 3.92. The van der Waals surface area contributed by atoms with Crippen molar-refractivity contribution in [3.63, 3.8) is 0 Å². The molecule has 0 radical (unpaired) electrons. The highest BCUT2D eigenvalue weighted by atomic mass is 16.7. The van der Waals surface area contributed by atoms with Crippen LogP contribution in [0.25, 0.3) is 5.69 Å². The van der Waals surface area contributed by atoms with E-state index >= 15 is 0 Å². The summed E-state index contributed by atoms with van der Waals surface area (Å²) in [5.41, 5.74) is 8.12. The number of hydrogen-bond donors (Lipinski definition) is 1. The highest BCUT2D eigenvalue weighted by Gasteiger charge is 2.16. The van der Waals surface area contributed by atoms with E-state index in [1.165, 1.54) is 0 Å². The van der Waals surface area contributed by atoms with Gasteiger partial charge in [0.2, 0.25) is 6.29 Å². The van der Waals surface area contributed by atoms with Crippen LogP contribution in [0.1, 0.15) is 12.0 Å². The Kier molecular flexibility index (Phi) is 4.03. The molecule has 0 aliphatic carbocycles. The number of aromatic nitrogens is 2. The maximum atomic E-state index is 5.91. The van der Waals surface area contributed by atoms with E-state index < -0.39 is 6.29 Å². The molecule has 0 aliphatic rings. The number of benzene rings is 1. The quantitative estimate of drug-likeness (QED) is 0.657. The lowest BCUT2D eigenvalue weighted by Crippen LogP contribution is -2.09. The fourth-order valence-electron chi connectivity index (χ4n) is 1.90. The summed E-state index contributed by atoms with van der Waals surface area (Å²) >= 11 is 0. The fourth-order valence-corrected chi connectivity index (χ4v) is 1.90. The first kappa shape index (κ1) is 13.4. The molecule has 0 saturated carbocycles. The molecule has 1 aromatic carbocycles. The molecule has 0 spiro atoms. The van der Waals surface area contributed by atoms with Gasteiger partial charge < -0.3 is 19.9 Å². The Morgan fingerprint density at radius 1 is 1.21 bits per heavy atom. The van der Waals surface area contributed by atoms with Crippen molar-refractivity contribution in [2.24, 2.45) is 0 Å². The first-order chi connectivity index (χ1) is 9.21. The molecule has 0 atom stereocenters. The van der Waals surface area contributed by atoms with E-state index in [0.29, 0.717) is 11.4 Å². The molecule has 6 nitrogen and oxygen atoms in total. The maximum absolute atomic E-state index is 5.91. The Hall–Kier alpha value is -2.05. The smallest absolute Gasteiger partial charge is 0.200 e. The average molecular weight is 263 g/mol. The molecule has 1 heterocycles. The SMILES string of the molecule is COc1ccc(-n2cncc2C(OC)OC)cc1N. The summed E-state index contributed by atoms with van der Waals surface area (Å²) in [5, 5.41) is 0. The van der Waals surface area contributed by atoms with Gasteiger partial charge in [0.1, 0.15) is 5.75 Å². The number of nitrogen functional groups attached to an aromatic ring is 1. The Morgan fingerprint density at radius 2 is 1.95 bits per heavy atom. The first-order valence-electron chi connectivity index (χ1n) is 5.73. The summed E-state index contributed by atoms with van der Waals surface area (Å²) < 4.78 is 17.5. The van der Waals surface area contributed by atoms with Gasteiger partial charge in [-0.1, -0.05) is 0 Å². The van der Waals surface area contributed by atoms with Gasteiger partial charge in [-0.05, 0) is 18.2 Å². The van der Waals surface area contributed by atoms with Crippen molar-refractivity contribution in [3.05, 3.63) is 36.4 Å². The van der Waals surface area contributed by atoms with Gasteiger partial charge in [-0.25, -0.2) is 4.98 Å². The van der Waals surface area contributed by atoms with Crippen molar-refractivity contribution in [2.45, 2.75) is 6.29 Å². The number of nitrogens with two attached hydrogens (primary N) is 1. The van der Waals surface area contributed by atoms with Crippen LogP contribution in [0.4, 0.5) is 5.69 Å². The number of anilines is 1. The third kappa shape index (κ3) is 2.54. The minimum atomic E-state index is -0.481. The third-order valence-corrected chi connectivity index (χ3v) is 2.83. The fraction of sp³-hybridized carbons (Fsp3) is 0.308. The van der Waals surface area contributed by atoms with Crippen molar-refractivity contribution < 1.29 is 14.2 Å². The molecule has 0 saturated heterocycles. The van der Waals surface area contributed by atoms with Crippen LogP contribution in [0.5, 0.6) is 5.75 Å². The standard InChI is InChI=1S/C13H17N3O3/c1-17-12-5-4-9(6-10(12)14)16-8-15-7-11(16)13(18-2)19-3/h4-8,13H,14H2,1-3H3. The highest BCUT2D eigenvalue weighted by Crippen LogP contribution is 2.26. The summed E-state index contributed by atoms with van der Waals surface area (Å²) in [6.45, 7) is 0. The van der Waals surface area contributed by atoms with Crippen molar-refractivity contribution in [1.29, 1.82) is 0 Å². The summed E-state index contributed by atoms with van der Waals surface area (Å²) in [4.78, 5) is 4.12. The molecule has 2 rings (SSSR count). The van der Waals surface area contributed by atoms with Crippen LogP contribution in [0.3, 0.4) is 0 Å². The van der Waals surface area contributed by atoms with Gasteiger partial charge in [0, 0.05) is 19.9 Å². The number of hydrogen-bond acceptors (Lipinski definition) is 5.